The van der Waals surface area contributed by atoms with Crippen molar-refractivity contribution in [2.45, 2.75) is 76.4 Å². The van der Waals surface area contributed by atoms with Crippen LogP contribution in [-0.2, 0) is 6.42 Å². The van der Waals surface area contributed by atoms with Crippen molar-refractivity contribution in [3.8, 4) is 0 Å². The lowest BCUT2D eigenvalue weighted by molar-refractivity contribution is 0.560. The zero-order valence-electron chi connectivity index (χ0n) is 19.9. The number of rotatable bonds is 11. The molecule has 0 amide bonds. The predicted molar refractivity (Wildman–Crippen MR) is 151 cm³/mol. The molecule has 170 valence electrons. The predicted octanol–water partition coefficient (Wildman–Crippen LogP) is 10.1. The summed E-state index contributed by atoms with van der Waals surface area (Å²) in [6.45, 7) is 2.29. The van der Waals surface area contributed by atoms with Crippen LogP contribution in [0.1, 0.15) is 70.3 Å². The van der Waals surface area contributed by atoms with Gasteiger partial charge in [0.15, 0.2) is 0 Å². The highest BCUT2D eigenvalue weighted by atomic mass is 32.1. The molecule has 0 nitrogen and oxygen atoms in total. The van der Waals surface area contributed by atoms with Crippen molar-refractivity contribution < 1.29 is 0 Å². The molecule has 5 aromatic carbocycles. The molecule has 0 aromatic heterocycles. The Balaban J connectivity index is 1.41. The topological polar surface area (TPSA) is 0 Å². The Labute approximate surface area is 204 Å². The van der Waals surface area contributed by atoms with Gasteiger partial charge < -0.3 is 0 Å². The van der Waals surface area contributed by atoms with Crippen LogP contribution in [0.25, 0.3) is 43.1 Å². The van der Waals surface area contributed by atoms with Crippen LogP contribution in [0.5, 0.6) is 0 Å². The number of hydrogen-bond acceptors (Lipinski definition) is 1. The van der Waals surface area contributed by atoms with E-state index in [1.807, 2.05) is 0 Å². The molecule has 0 aliphatic rings. The summed E-state index contributed by atoms with van der Waals surface area (Å²) >= 11 is 5.05. The highest BCUT2D eigenvalue weighted by Gasteiger charge is 2.16. The van der Waals surface area contributed by atoms with E-state index >= 15 is 0 Å². The minimum absolute atomic E-state index is 0.419. The van der Waals surface area contributed by atoms with E-state index in [2.05, 4.69) is 73.7 Å². The van der Waals surface area contributed by atoms with Gasteiger partial charge in [-0.05, 0) is 61.5 Å². The van der Waals surface area contributed by atoms with Gasteiger partial charge in [-0.25, -0.2) is 0 Å². The first-order valence-corrected chi connectivity index (χ1v) is 13.5. The molecule has 0 N–H and O–H groups in total. The molecule has 0 fully saturated rings. The van der Waals surface area contributed by atoms with Crippen molar-refractivity contribution in [3.05, 3.63) is 72.3 Å². The summed E-state index contributed by atoms with van der Waals surface area (Å²) in [5, 5.41) is 11.5. The third kappa shape index (κ3) is 4.58. The number of unbranched alkanes of at least 4 members (excludes halogenated alkanes) is 7. The van der Waals surface area contributed by atoms with E-state index in [0.29, 0.717) is 5.25 Å². The molecule has 0 saturated carbocycles. The van der Waals surface area contributed by atoms with Gasteiger partial charge in [-0.2, -0.15) is 12.6 Å². The molecule has 1 atom stereocenters. The fourth-order valence-corrected chi connectivity index (χ4v) is 6.15. The molecule has 1 unspecified atom stereocenters. The molecule has 0 bridgehead atoms. The van der Waals surface area contributed by atoms with Crippen LogP contribution in [0, 0.1) is 0 Å². The summed E-state index contributed by atoms with van der Waals surface area (Å²) in [5.74, 6) is 0. The maximum absolute atomic E-state index is 5.05. The highest BCUT2D eigenvalue weighted by molar-refractivity contribution is 7.80. The second kappa shape index (κ2) is 10.3. The molecular weight excluding hydrogens is 416 g/mol. The van der Waals surface area contributed by atoms with Crippen LogP contribution in [0.15, 0.2) is 66.7 Å². The molecule has 0 saturated heterocycles. The molecule has 0 spiro atoms. The van der Waals surface area contributed by atoms with Crippen molar-refractivity contribution in [3.63, 3.8) is 0 Å². The zero-order chi connectivity index (χ0) is 22.6. The average Bonchev–Trinajstić information content (AvgIpc) is 2.84. The summed E-state index contributed by atoms with van der Waals surface area (Å²) in [5.41, 5.74) is 1.46. The summed E-state index contributed by atoms with van der Waals surface area (Å²) in [4.78, 5) is 0. The lowest BCUT2D eigenvalue weighted by Crippen LogP contribution is -2.05. The van der Waals surface area contributed by atoms with Crippen LogP contribution in [0.4, 0.5) is 0 Å². The Morgan fingerprint density at radius 3 is 1.85 bits per heavy atom. The lowest BCUT2D eigenvalue weighted by atomic mass is 9.86. The standard InChI is InChI=1S/C32H36S/c1-2-3-4-5-6-7-8-9-16-26(33)22-25-21-20-24-15-11-18-28-27-17-10-13-23-14-12-19-29(30(23)27)32(25)31(24)28/h10-15,17-21,26,33H,2-9,16,22H2,1H3. The highest BCUT2D eigenvalue weighted by Crippen LogP contribution is 2.42. The first-order valence-electron chi connectivity index (χ1n) is 13.0. The Bertz CT molecular complexity index is 1340. The third-order valence-corrected chi connectivity index (χ3v) is 7.88. The maximum Gasteiger partial charge on any atom is 0.00574 e. The number of benzene rings is 5. The van der Waals surface area contributed by atoms with Crippen LogP contribution in [0.2, 0.25) is 0 Å². The molecule has 0 heterocycles. The molecular formula is C32H36S. The Morgan fingerprint density at radius 2 is 1.15 bits per heavy atom. The van der Waals surface area contributed by atoms with Crippen LogP contribution in [-0.4, -0.2) is 5.25 Å². The fraction of sp³-hybridized carbons (Fsp3) is 0.375. The van der Waals surface area contributed by atoms with E-state index in [9.17, 15) is 0 Å². The van der Waals surface area contributed by atoms with Crippen LogP contribution < -0.4 is 0 Å². The van der Waals surface area contributed by atoms with Gasteiger partial charge in [0, 0.05) is 5.25 Å². The molecule has 0 radical (unpaired) electrons. The zero-order valence-corrected chi connectivity index (χ0v) is 20.8. The molecule has 0 aliphatic carbocycles. The summed E-state index contributed by atoms with van der Waals surface area (Å²) in [7, 11) is 0. The van der Waals surface area contributed by atoms with Crippen molar-refractivity contribution >= 4 is 55.7 Å². The summed E-state index contributed by atoms with van der Waals surface area (Å²) in [6, 6.07) is 25.0. The number of hydrogen-bond donors (Lipinski definition) is 1. The first-order chi connectivity index (χ1) is 16.3. The molecule has 5 rings (SSSR count). The lowest BCUT2D eigenvalue weighted by Gasteiger charge is -2.19. The second-order valence-corrected chi connectivity index (χ2v) is 10.6. The van der Waals surface area contributed by atoms with E-state index in [1.165, 1.54) is 106 Å². The van der Waals surface area contributed by atoms with Gasteiger partial charge in [0.25, 0.3) is 0 Å². The molecule has 1 heteroatoms. The minimum atomic E-state index is 0.419. The quantitative estimate of drug-likeness (QED) is 0.0876. The van der Waals surface area contributed by atoms with E-state index in [0.717, 1.165) is 6.42 Å². The van der Waals surface area contributed by atoms with E-state index in [-0.39, 0.29) is 0 Å². The van der Waals surface area contributed by atoms with E-state index in [1.54, 1.807) is 0 Å². The SMILES string of the molecule is CCCCCCCCCCC(S)Cc1ccc2cccc3c4cccc5cccc(c1c23)c54. The van der Waals surface area contributed by atoms with Crippen LogP contribution >= 0.6 is 12.6 Å². The minimum Gasteiger partial charge on any atom is -0.176 e. The monoisotopic (exact) mass is 452 g/mol. The number of thiol groups is 1. The number of fused-ring (bicyclic) bond motifs is 2. The average molecular weight is 453 g/mol. The van der Waals surface area contributed by atoms with E-state index < -0.39 is 0 Å². The Morgan fingerprint density at radius 1 is 0.576 bits per heavy atom. The van der Waals surface area contributed by atoms with Crippen molar-refractivity contribution in [2.24, 2.45) is 0 Å². The molecule has 0 aliphatic heterocycles. The van der Waals surface area contributed by atoms with Gasteiger partial charge in [-0.15, -0.1) is 0 Å². The van der Waals surface area contributed by atoms with Gasteiger partial charge in [0.1, 0.15) is 0 Å². The molecule has 5 aromatic rings. The maximum atomic E-state index is 5.05. The Kier molecular flexibility index (Phi) is 7.07. The third-order valence-electron chi connectivity index (χ3n) is 7.44. The smallest absolute Gasteiger partial charge is 0.00574 e. The summed E-state index contributed by atoms with van der Waals surface area (Å²) in [6.07, 6.45) is 13.2. The van der Waals surface area contributed by atoms with Crippen molar-refractivity contribution in [1.82, 2.24) is 0 Å². The van der Waals surface area contributed by atoms with Crippen LogP contribution in [0.3, 0.4) is 0 Å². The van der Waals surface area contributed by atoms with Crippen molar-refractivity contribution in [1.29, 1.82) is 0 Å². The largest absolute Gasteiger partial charge is 0.176 e. The molecule has 33 heavy (non-hydrogen) atoms. The van der Waals surface area contributed by atoms with Gasteiger partial charge in [-0.1, -0.05) is 125 Å². The van der Waals surface area contributed by atoms with Gasteiger partial charge in [0.05, 0.1) is 0 Å². The van der Waals surface area contributed by atoms with Gasteiger partial charge in [-0.3, -0.25) is 0 Å². The normalized spacial score (nSPS) is 13.0. The van der Waals surface area contributed by atoms with Gasteiger partial charge in [0.2, 0.25) is 0 Å². The fourth-order valence-electron chi connectivity index (χ4n) is 5.77. The summed E-state index contributed by atoms with van der Waals surface area (Å²) < 4.78 is 0. The Hall–Kier alpha value is -2.25. The van der Waals surface area contributed by atoms with Crippen molar-refractivity contribution in [2.75, 3.05) is 0 Å². The first kappa shape index (κ1) is 22.5. The van der Waals surface area contributed by atoms with E-state index in [4.69, 9.17) is 12.6 Å². The van der Waals surface area contributed by atoms with Gasteiger partial charge >= 0.3 is 0 Å². The second-order valence-electron chi connectivity index (χ2n) is 9.83.